The molecule has 0 aliphatic carbocycles. The number of hydrogen-bond donors (Lipinski definition) is 8. The number of rotatable bonds is 14. The van der Waals surface area contributed by atoms with Crippen LogP contribution in [0.1, 0.15) is 31.5 Å². The molecule has 0 fully saturated rings. The van der Waals surface area contributed by atoms with E-state index in [0.717, 1.165) is 16.5 Å². The maximum atomic E-state index is 13.5. The maximum absolute atomic E-state index is 13.5. The van der Waals surface area contributed by atoms with Crippen LogP contribution in [0.5, 0.6) is 0 Å². The van der Waals surface area contributed by atoms with Crippen molar-refractivity contribution in [1.29, 1.82) is 0 Å². The molecule has 3 amide bonds. The molecular formula is C26H35N7O5S. The summed E-state index contributed by atoms with van der Waals surface area (Å²) in [4.78, 5) is 61.1. The molecule has 8 N–H and O–H groups in total. The van der Waals surface area contributed by atoms with Gasteiger partial charge in [0.15, 0.2) is 0 Å². The van der Waals surface area contributed by atoms with Gasteiger partial charge in [0.1, 0.15) is 18.1 Å². The van der Waals surface area contributed by atoms with Crippen LogP contribution in [0.3, 0.4) is 0 Å². The van der Waals surface area contributed by atoms with Crippen molar-refractivity contribution in [3.63, 3.8) is 0 Å². The second kappa shape index (κ2) is 13.8. The molecular weight excluding hydrogens is 522 g/mol. The Kier molecular flexibility index (Phi) is 10.5. The number of benzene rings is 1. The van der Waals surface area contributed by atoms with Crippen LogP contribution in [0.25, 0.3) is 10.9 Å². The summed E-state index contributed by atoms with van der Waals surface area (Å²) in [6.45, 7) is 3.68. The number of imidazole rings is 1. The summed E-state index contributed by atoms with van der Waals surface area (Å²) in [7, 11) is 0. The van der Waals surface area contributed by atoms with Crippen LogP contribution in [-0.4, -0.2) is 73.7 Å². The number of para-hydroxylation sites is 1. The van der Waals surface area contributed by atoms with Gasteiger partial charge in [-0.25, -0.2) is 9.78 Å². The molecule has 0 radical (unpaired) electrons. The van der Waals surface area contributed by atoms with Crippen molar-refractivity contribution >= 4 is 47.2 Å². The predicted molar refractivity (Wildman–Crippen MR) is 149 cm³/mol. The number of aromatic nitrogens is 3. The number of aromatic amines is 2. The molecule has 12 nitrogen and oxygen atoms in total. The second-order valence-electron chi connectivity index (χ2n) is 9.47. The van der Waals surface area contributed by atoms with Crippen molar-refractivity contribution in [2.24, 2.45) is 11.7 Å². The first-order chi connectivity index (χ1) is 18.6. The Balaban J connectivity index is 1.81. The molecule has 2 heterocycles. The van der Waals surface area contributed by atoms with E-state index < -0.39 is 47.9 Å². The number of thiol groups is 1. The molecule has 2 aromatic heterocycles. The fourth-order valence-corrected chi connectivity index (χ4v) is 4.38. The average molecular weight is 558 g/mol. The van der Waals surface area contributed by atoms with Crippen LogP contribution in [0, 0.1) is 5.92 Å². The fourth-order valence-electron chi connectivity index (χ4n) is 4.14. The Hall–Kier alpha value is -3.84. The number of carboxylic acid groups (broad SMARTS) is 1. The Bertz CT molecular complexity index is 1280. The van der Waals surface area contributed by atoms with Crippen molar-refractivity contribution < 1.29 is 24.3 Å². The lowest BCUT2D eigenvalue weighted by atomic mass is 9.96. The van der Waals surface area contributed by atoms with Gasteiger partial charge < -0.3 is 36.8 Å². The second-order valence-corrected chi connectivity index (χ2v) is 9.83. The highest BCUT2D eigenvalue weighted by atomic mass is 32.1. The number of nitrogens with two attached hydrogens (primary N) is 1. The smallest absolute Gasteiger partial charge is 0.327 e. The third-order valence-electron chi connectivity index (χ3n) is 6.65. The summed E-state index contributed by atoms with van der Waals surface area (Å²) < 4.78 is 0. The number of fused-ring (bicyclic) bond motifs is 1. The molecule has 39 heavy (non-hydrogen) atoms. The predicted octanol–water partition coefficient (Wildman–Crippen LogP) is 0.518. The van der Waals surface area contributed by atoms with Crippen molar-refractivity contribution in [2.75, 3.05) is 5.75 Å². The lowest BCUT2D eigenvalue weighted by Crippen LogP contribution is -2.59. The standard InChI is InChI=1S/C26H35N7O5S/c1-3-14(2)22(33-23(34)18(27)9-16-11-28-13-30-16)25(36)31-20(24(35)32-21(12-39)26(37)38)8-15-10-29-19-7-5-4-6-17(15)19/h4-7,10-11,13-14,18,20-22,29,39H,3,8-9,12,27H2,1-2H3,(H,28,30)(H,31,36)(H,32,35)(H,33,34)(H,37,38). The largest absolute Gasteiger partial charge is 0.480 e. The molecule has 0 aliphatic heterocycles. The summed E-state index contributed by atoms with van der Waals surface area (Å²) >= 11 is 4.01. The molecule has 1 aromatic carbocycles. The minimum Gasteiger partial charge on any atom is -0.480 e. The lowest BCUT2D eigenvalue weighted by Gasteiger charge is -2.28. The zero-order valence-electron chi connectivity index (χ0n) is 21.8. The van der Waals surface area contributed by atoms with Gasteiger partial charge in [0.05, 0.1) is 12.4 Å². The number of aliphatic carboxylic acids is 1. The highest BCUT2D eigenvalue weighted by Gasteiger charge is 2.33. The number of carboxylic acids is 1. The van der Waals surface area contributed by atoms with E-state index in [1.807, 2.05) is 31.2 Å². The van der Waals surface area contributed by atoms with Crippen molar-refractivity contribution in [3.8, 4) is 0 Å². The van der Waals surface area contributed by atoms with Gasteiger partial charge >= 0.3 is 5.97 Å². The third-order valence-corrected chi connectivity index (χ3v) is 7.02. The molecule has 210 valence electrons. The van der Waals surface area contributed by atoms with Crippen LogP contribution in [0.15, 0.2) is 43.0 Å². The molecule has 5 atom stereocenters. The van der Waals surface area contributed by atoms with Crippen LogP contribution < -0.4 is 21.7 Å². The van der Waals surface area contributed by atoms with Crippen LogP contribution in [0.2, 0.25) is 0 Å². The summed E-state index contributed by atoms with van der Waals surface area (Å²) in [6, 6.07) is 3.22. The van der Waals surface area contributed by atoms with Gasteiger partial charge in [0, 0.05) is 47.6 Å². The van der Waals surface area contributed by atoms with Gasteiger partial charge in [-0.15, -0.1) is 0 Å². The van der Waals surface area contributed by atoms with E-state index in [0.29, 0.717) is 12.1 Å². The van der Waals surface area contributed by atoms with E-state index in [1.165, 1.54) is 6.33 Å². The minimum absolute atomic E-state index is 0.0843. The molecule has 3 rings (SSSR count). The molecule has 0 bridgehead atoms. The third kappa shape index (κ3) is 7.83. The highest BCUT2D eigenvalue weighted by molar-refractivity contribution is 7.80. The van der Waals surface area contributed by atoms with Gasteiger partial charge in [-0.2, -0.15) is 12.6 Å². The SMILES string of the molecule is CCC(C)C(NC(=O)C(N)Cc1cnc[nH]1)C(=O)NC(Cc1c[nH]c2ccccc12)C(=O)NC(CS)C(=O)O. The zero-order chi connectivity index (χ0) is 28.5. The average Bonchev–Trinajstić information content (AvgIpc) is 3.59. The van der Waals surface area contributed by atoms with Crippen molar-refractivity contribution in [1.82, 2.24) is 30.9 Å². The summed E-state index contributed by atoms with van der Waals surface area (Å²) in [5, 5.41) is 18.2. The molecule has 3 aromatic rings. The molecule has 0 aliphatic rings. The molecule has 0 saturated carbocycles. The number of amides is 3. The van der Waals surface area contributed by atoms with Gasteiger partial charge in [-0.1, -0.05) is 38.5 Å². The molecule has 5 unspecified atom stereocenters. The summed E-state index contributed by atoms with van der Waals surface area (Å²) in [5.74, 6) is -3.44. The number of carbonyl (C=O) groups is 4. The quantitative estimate of drug-likeness (QED) is 0.132. The topological polar surface area (TPSA) is 195 Å². The van der Waals surface area contributed by atoms with Gasteiger partial charge in [0.2, 0.25) is 17.7 Å². The van der Waals surface area contributed by atoms with E-state index in [-0.39, 0.29) is 24.5 Å². The fraction of sp³-hybridized carbons (Fsp3) is 0.423. The maximum Gasteiger partial charge on any atom is 0.327 e. The van der Waals surface area contributed by atoms with E-state index >= 15 is 0 Å². The van der Waals surface area contributed by atoms with Crippen molar-refractivity contribution in [2.45, 2.75) is 57.3 Å². The van der Waals surface area contributed by atoms with E-state index in [9.17, 15) is 24.3 Å². The Morgan fingerprint density at radius 1 is 1.03 bits per heavy atom. The number of carbonyl (C=O) groups excluding carboxylic acids is 3. The first kappa shape index (κ1) is 29.7. The Morgan fingerprint density at radius 2 is 1.74 bits per heavy atom. The number of nitrogens with zero attached hydrogens (tertiary/aromatic N) is 1. The summed E-state index contributed by atoms with van der Waals surface area (Å²) in [5.41, 5.74) is 8.36. The number of H-pyrrole nitrogens is 2. The van der Waals surface area contributed by atoms with E-state index in [2.05, 4.69) is 43.5 Å². The van der Waals surface area contributed by atoms with Gasteiger partial charge in [-0.05, 0) is 17.5 Å². The van der Waals surface area contributed by atoms with Crippen LogP contribution in [0.4, 0.5) is 0 Å². The monoisotopic (exact) mass is 557 g/mol. The van der Waals surface area contributed by atoms with Crippen LogP contribution in [-0.2, 0) is 32.0 Å². The van der Waals surface area contributed by atoms with Gasteiger partial charge in [-0.3, -0.25) is 14.4 Å². The molecule has 0 saturated heterocycles. The number of hydrogen-bond acceptors (Lipinski definition) is 7. The zero-order valence-corrected chi connectivity index (χ0v) is 22.7. The molecule has 0 spiro atoms. The van der Waals surface area contributed by atoms with Gasteiger partial charge in [0.25, 0.3) is 0 Å². The lowest BCUT2D eigenvalue weighted by molar-refractivity contribution is -0.141. The van der Waals surface area contributed by atoms with Crippen LogP contribution >= 0.6 is 12.6 Å². The highest BCUT2D eigenvalue weighted by Crippen LogP contribution is 2.19. The minimum atomic E-state index is -1.24. The van der Waals surface area contributed by atoms with E-state index in [4.69, 9.17) is 5.73 Å². The normalized spacial score (nSPS) is 15.1. The Labute approximate surface area is 231 Å². The molecule has 13 heteroatoms. The van der Waals surface area contributed by atoms with Crippen molar-refractivity contribution in [3.05, 3.63) is 54.2 Å². The number of nitrogens with one attached hydrogen (secondary N) is 5. The first-order valence-corrected chi connectivity index (χ1v) is 13.3. The summed E-state index contributed by atoms with van der Waals surface area (Å²) in [6.07, 6.45) is 5.64. The van der Waals surface area contributed by atoms with E-state index in [1.54, 1.807) is 19.3 Å². The Morgan fingerprint density at radius 3 is 2.38 bits per heavy atom. The first-order valence-electron chi connectivity index (χ1n) is 12.7.